The summed E-state index contributed by atoms with van der Waals surface area (Å²) in [5, 5.41) is 18.7. The van der Waals surface area contributed by atoms with Gasteiger partial charge >= 0.3 is 0 Å². The molecule has 0 atom stereocenters. The quantitative estimate of drug-likeness (QED) is 0.476. The van der Waals surface area contributed by atoms with Crippen molar-refractivity contribution in [3.05, 3.63) is 48.5 Å². The van der Waals surface area contributed by atoms with E-state index < -0.39 is 20.0 Å². The summed E-state index contributed by atoms with van der Waals surface area (Å²) in [6, 6.07) is 11.4. The number of hydrogen-bond acceptors (Lipinski definition) is 6. The van der Waals surface area contributed by atoms with Crippen molar-refractivity contribution in [2.75, 3.05) is 20.9 Å². The molecule has 0 unspecified atom stereocenters. The number of aromatic hydroxyl groups is 2. The SMILES string of the molecule is O=S(=O)(CCCCS(=O)(=O)Nc1cccc(O)c1)Nc1cccc(O)c1. The number of phenols is 2. The van der Waals surface area contributed by atoms with Crippen LogP contribution in [0.1, 0.15) is 12.8 Å². The predicted molar refractivity (Wildman–Crippen MR) is 100 cm³/mol. The van der Waals surface area contributed by atoms with E-state index in [0.29, 0.717) is 0 Å². The standard InChI is InChI=1S/C16H20N2O6S2/c19-15-7-3-5-13(11-15)17-25(21,22)9-1-2-10-26(23,24)18-14-6-4-8-16(20)12-14/h3-8,11-12,17-20H,1-2,9-10H2. The molecule has 0 radical (unpaired) electrons. The van der Waals surface area contributed by atoms with E-state index in [2.05, 4.69) is 9.44 Å². The molecule has 0 spiro atoms. The Morgan fingerprint density at radius 3 is 1.42 bits per heavy atom. The van der Waals surface area contributed by atoms with Gasteiger partial charge in [0.25, 0.3) is 0 Å². The van der Waals surface area contributed by atoms with Crippen LogP contribution < -0.4 is 9.44 Å². The highest BCUT2D eigenvalue weighted by Gasteiger charge is 2.14. The molecule has 2 rings (SSSR count). The third-order valence-electron chi connectivity index (χ3n) is 3.32. The molecule has 2 aromatic rings. The van der Waals surface area contributed by atoms with Gasteiger partial charge in [-0.2, -0.15) is 0 Å². The third-order valence-corrected chi connectivity index (χ3v) is 6.06. The minimum Gasteiger partial charge on any atom is -0.508 e. The van der Waals surface area contributed by atoms with Gasteiger partial charge in [-0.1, -0.05) is 12.1 Å². The first-order valence-corrected chi connectivity index (χ1v) is 11.0. The average molecular weight is 400 g/mol. The molecule has 0 bridgehead atoms. The molecule has 0 saturated heterocycles. The van der Waals surface area contributed by atoms with E-state index in [1.165, 1.54) is 48.5 Å². The smallest absolute Gasteiger partial charge is 0.232 e. The van der Waals surface area contributed by atoms with Crippen LogP contribution in [0.15, 0.2) is 48.5 Å². The number of hydrogen-bond donors (Lipinski definition) is 4. The Labute approximate surface area is 152 Å². The maximum atomic E-state index is 12.0. The van der Waals surface area contributed by atoms with Gasteiger partial charge in [0, 0.05) is 12.1 Å². The molecule has 0 aromatic heterocycles. The molecule has 2 aromatic carbocycles. The first-order chi connectivity index (χ1) is 12.2. The largest absolute Gasteiger partial charge is 0.508 e. The summed E-state index contributed by atoms with van der Waals surface area (Å²) in [5.41, 5.74) is 0.478. The second kappa shape index (κ2) is 8.28. The third kappa shape index (κ3) is 6.81. The minimum atomic E-state index is -3.64. The van der Waals surface area contributed by atoms with Crippen molar-refractivity contribution >= 4 is 31.4 Å². The average Bonchev–Trinajstić information content (AvgIpc) is 2.51. The van der Waals surface area contributed by atoms with E-state index in [9.17, 15) is 27.0 Å². The van der Waals surface area contributed by atoms with E-state index in [4.69, 9.17) is 0 Å². The Kier molecular flexibility index (Phi) is 6.32. The lowest BCUT2D eigenvalue weighted by Gasteiger charge is -2.10. The van der Waals surface area contributed by atoms with Crippen molar-refractivity contribution in [1.29, 1.82) is 0 Å². The van der Waals surface area contributed by atoms with Crippen LogP contribution >= 0.6 is 0 Å². The molecular weight excluding hydrogens is 380 g/mol. The van der Waals surface area contributed by atoms with Crippen molar-refractivity contribution in [3.63, 3.8) is 0 Å². The summed E-state index contributed by atoms with van der Waals surface area (Å²) >= 11 is 0. The number of nitrogens with one attached hydrogen (secondary N) is 2. The zero-order valence-corrected chi connectivity index (χ0v) is 15.4. The normalized spacial score (nSPS) is 11.8. The number of unbranched alkanes of at least 4 members (excludes halogenated alkanes) is 1. The van der Waals surface area contributed by atoms with Crippen molar-refractivity contribution < 1.29 is 27.0 Å². The summed E-state index contributed by atoms with van der Waals surface area (Å²) < 4.78 is 52.6. The number of phenolic OH excluding ortho intramolecular Hbond substituents is 2. The van der Waals surface area contributed by atoms with Gasteiger partial charge in [0.1, 0.15) is 11.5 Å². The van der Waals surface area contributed by atoms with Crippen LogP contribution in [0.5, 0.6) is 11.5 Å². The number of rotatable bonds is 9. The number of sulfonamides is 2. The molecule has 0 aliphatic rings. The van der Waals surface area contributed by atoms with E-state index in [0.717, 1.165) is 0 Å². The van der Waals surface area contributed by atoms with Crippen LogP contribution in [0.25, 0.3) is 0 Å². The minimum absolute atomic E-state index is 0.0608. The van der Waals surface area contributed by atoms with Crippen LogP contribution in [0.3, 0.4) is 0 Å². The molecule has 0 heterocycles. The molecule has 0 aliphatic carbocycles. The van der Waals surface area contributed by atoms with Gasteiger partial charge in [-0.05, 0) is 37.1 Å². The maximum Gasteiger partial charge on any atom is 0.232 e. The lowest BCUT2D eigenvalue weighted by molar-refractivity contribution is 0.475. The van der Waals surface area contributed by atoms with Crippen LogP contribution in [-0.4, -0.2) is 38.6 Å². The first-order valence-electron chi connectivity index (χ1n) is 7.74. The molecule has 0 saturated carbocycles. The Balaban J connectivity index is 1.81. The Morgan fingerprint density at radius 2 is 1.08 bits per heavy atom. The van der Waals surface area contributed by atoms with Crippen molar-refractivity contribution in [3.8, 4) is 11.5 Å². The molecular formula is C16H20N2O6S2. The predicted octanol–water partition coefficient (Wildman–Crippen LogP) is 2.06. The van der Waals surface area contributed by atoms with Crippen LogP contribution in [-0.2, 0) is 20.0 Å². The van der Waals surface area contributed by atoms with Gasteiger partial charge in [-0.15, -0.1) is 0 Å². The fourth-order valence-electron chi connectivity index (χ4n) is 2.18. The second-order valence-corrected chi connectivity index (χ2v) is 9.33. The fourth-order valence-corrected chi connectivity index (χ4v) is 4.53. The summed E-state index contributed by atoms with van der Waals surface area (Å²) in [6.45, 7) is 0. The van der Waals surface area contributed by atoms with Crippen molar-refractivity contribution in [2.24, 2.45) is 0 Å². The Bertz CT molecular complexity index is 879. The highest BCUT2D eigenvalue weighted by molar-refractivity contribution is 7.93. The van der Waals surface area contributed by atoms with E-state index >= 15 is 0 Å². The highest BCUT2D eigenvalue weighted by Crippen LogP contribution is 2.18. The van der Waals surface area contributed by atoms with E-state index in [1.54, 1.807) is 0 Å². The molecule has 0 fully saturated rings. The topological polar surface area (TPSA) is 133 Å². The molecule has 10 heteroatoms. The zero-order chi connectivity index (χ0) is 19.2. The molecule has 0 amide bonds. The molecule has 26 heavy (non-hydrogen) atoms. The van der Waals surface area contributed by atoms with E-state index in [-0.39, 0.29) is 47.2 Å². The number of anilines is 2. The summed E-state index contributed by atoms with van der Waals surface area (Å²) in [5.74, 6) is -0.613. The molecule has 142 valence electrons. The van der Waals surface area contributed by atoms with Crippen LogP contribution in [0, 0.1) is 0 Å². The first kappa shape index (κ1) is 19.9. The second-order valence-electron chi connectivity index (χ2n) is 5.65. The van der Waals surface area contributed by atoms with Crippen molar-refractivity contribution in [1.82, 2.24) is 0 Å². The Hall–Kier alpha value is -2.46. The number of benzene rings is 2. The summed E-state index contributed by atoms with van der Waals surface area (Å²) in [6.07, 6.45) is 0.296. The van der Waals surface area contributed by atoms with Crippen LogP contribution in [0.4, 0.5) is 11.4 Å². The lowest BCUT2D eigenvalue weighted by atomic mass is 10.3. The summed E-state index contributed by atoms with van der Waals surface area (Å²) in [4.78, 5) is 0. The molecule has 0 aliphatic heterocycles. The van der Waals surface area contributed by atoms with Crippen LogP contribution in [0.2, 0.25) is 0 Å². The van der Waals surface area contributed by atoms with Gasteiger partial charge in [-0.3, -0.25) is 9.44 Å². The Morgan fingerprint density at radius 1 is 0.692 bits per heavy atom. The zero-order valence-electron chi connectivity index (χ0n) is 13.8. The van der Waals surface area contributed by atoms with Gasteiger partial charge < -0.3 is 10.2 Å². The van der Waals surface area contributed by atoms with Gasteiger partial charge in [-0.25, -0.2) is 16.8 Å². The molecule has 4 N–H and O–H groups in total. The lowest BCUT2D eigenvalue weighted by Crippen LogP contribution is -2.19. The van der Waals surface area contributed by atoms with Gasteiger partial charge in [0.2, 0.25) is 20.0 Å². The van der Waals surface area contributed by atoms with E-state index in [1.807, 2.05) is 0 Å². The summed E-state index contributed by atoms with van der Waals surface area (Å²) in [7, 11) is -7.29. The maximum absolute atomic E-state index is 12.0. The van der Waals surface area contributed by atoms with Crippen molar-refractivity contribution in [2.45, 2.75) is 12.8 Å². The van der Waals surface area contributed by atoms with Gasteiger partial charge in [0.05, 0.1) is 22.9 Å². The fraction of sp³-hybridized carbons (Fsp3) is 0.250. The highest BCUT2D eigenvalue weighted by atomic mass is 32.2. The monoisotopic (exact) mass is 400 g/mol. The molecule has 8 nitrogen and oxygen atoms in total. The van der Waals surface area contributed by atoms with Gasteiger partial charge in [0.15, 0.2) is 0 Å².